The van der Waals surface area contributed by atoms with Crippen molar-refractivity contribution in [2.75, 3.05) is 13.1 Å². The van der Waals surface area contributed by atoms with E-state index in [1.165, 1.54) is 10.6 Å². The SMILES string of the molecule is CCCCNCCn1c(=O)ccn(CCC)c1=O. The van der Waals surface area contributed by atoms with Crippen LogP contribution in [0.25, 0.3) is 0 Å². The van der Waals surface area contributed by atoms with Crippen molar-refractivity contribution < 1.29 is 0 Å². The summed E-state index contributed by atoms with van der Waals surface area (Å²) in [6, 6.07) is 1.46. The third kappa shape index (κ3) is 4.14. The maximum atomic E-state index is 12.0. The Morgan fingerprint density at radius 1 is 1.11 bits per heavy atom. The minimum atomic E-state index is -0.218. The van der Waals surface area contributed by atoms with Crippen LogP contribution in [-0.4, -0.2) is 22.2 Å². The summed E-state index contributed by atoms with van der Waals surface area (Å²) in [7, 11) is 0. The molecule has 5 heteroatoms. The first-order chi connectivity index (χ1) is 8.70. The highest BCUT2D eigenvalue weighted by Crippen LogP contribution is 1.85. The molecule has 102 valence electrons. The average molecular weight is 253 g/mol. The second kappa shape index (κ2) is 7.87. The molecule has 1 heterocycles. The van der Waals surface area contributed by atoms with Crippen molar-refractivity contribution in [2.24, 2.45) is 0 Å². The monoisotopic (exact) mass is 253 g/mol. The lowest BCUT2D eigenvalue weighted by Crippen LogP contribution is -2.41. The van der Waals surface area contributed by atoms with Crippen LogP contribution in [0.3, 0.4) is 0 Å². The highest BCUT2D eigenvalue weighted by molar-refractivity contribution is 4.86. The van der Waals surface area contributed by atoms with Gasteiger partial charge in [0.15, 0.2) is 0 Å². The zero-order valence-corrected chi connectivity index (χ0v) is 11.3. The summed E-state index contributed by atoms with van der Waals surface area (Å²) in [6.07, 6.45) is 4.72. The first kappa shape index (κ1) is 14.7. The molecule has 0 atom stereocenters. The molecule has 5 nitrogen and oxygen atoms in total. The number of hydrogen-bond acceptors (Lipinski definition) is 3. The minimum absolute atomic E-state index is 0.207. The van der Waals surface area contributed by atoms with Gasteiger partial charge in [0.2, 0.25) is 0 Å². The maximum absolute atomic E-state index is 12.0. The number of nitrogens with one attached hydrogen (secondary N) is 1. The number of hydrogen-bond donors (Lipinski definition) is 1. The topological polar surface area (TPSA) is 56.0 Å². The van der Waals surface area contributed by atoms with E-state index < -0.39 is 0 Å². The standard InChI is InChI=1S/C13H23N3O2/c1-3-5-7-14-8-11-16-12(17)6-10-15(9-4-2)13(16)18/h6,10,14H,3-5,7-9,11H2,1-2H3. The van der Waals surface area contributed by atoms with E-state index in [1.807, 2.05) is 6.92 Å². The second-order valence-corrected chi connectivity index (χ2v) is 4.39. The van der Waals surface area contributed by atoms with Crippen LogP contribution in [0.1, 0.15) is 33.1 Å². The quantitative estimate of drug-likeness (QED) is 0.698. The lowest BCUT2D eigenvalue weighted by atomic mass is 10.3. The third-order valence-electron chi connectivity index (χ3n) is 2.82. The van der Waals surface area contributed by atoms with Crippen LogP contribution in [0, 0.1) is 0 Å². The number of aryl methyl sites for hydroxylation is 1. The predicted octanol–water partition coefficient (Wildman–Crippen LogP) is 0.810. The maximum Gasteiger partial charge on any atom is 0.331 e. The molecule has 18 heavy (non-hydrogen) atoms. The van der Waals surface area contributed by atoms with Crippen molar-refractivity contribution in [3.05, 3.63) is 33.1 Å². The normalized spacial score (nSPS) is 10.8. The summed E-state index contributed by atoms with van der Waals surface area (Å²) < 4.78 is 2.89. The van der Waals surface area contributed by atoms with E-state index in [0.29, 0.717) is 19.6 Å². The van der Waals surface area contributed by atoms with Gasteiger partial charge in [0.1, 0.15) is 0 Å². The summed E-state index contributed by atoms with van der Waals surface area (Å²) in [4.78, 5) is 23.6. The Morgan fingerprint density at radius 3 is 2.56 bits per heavy atom. The summed E-state index contributed by atoms with van der Waals surface area (Å²) in [5.41, 5.74) is -0.425. The van der Waals surface area contributed by atoms with E-state index in [9.17, 15) is 9.59 Å². The fourth-order valence-corrected chi connectivity index (χ4v) is 1.79. The van der Waals surface area contributed by atoms with E-state index in [4.69, 9.17) is 0 Å². The molecule has 0 aliphatic rings. The van der Waals surface area contributed by atoms with E-state index in [-0.39, 0.29) is 11.2 Å². The van der Waals surface area contributed by atoms with Crippen LogP contribution in [0.15, 0.2) is 21.9 Å². The molecule has 0 amide bonds. The Kier molecular flexibility index (Phi) is 6.43. The van der Waals surface area contributed by atoms with E-state index >= 15 is 0 Å². The molecule has 0 saturated heterocycles. The van der Waals surface area contributed by atoms with Crippen molar-refractivity contribution >= 4 is 0 Å². The van der Waals surface area contributed by atoms with Gasteiger partial charge in [-0.1, -0.05) is 20.3 Å². The van der Waals surface area contributed by atoms with Gasteiger partial charge in [0.25, 0.3) is 5.56 Å². The molecule has 1 N–H and O–H groups in total. The van der Waals surface area contributed by atoms with Crippen molar-refractivity contribution in [1.82, 2.24) is 14.5 Å². The van der Waals surface area contributed by atoms with Gasteiger partial charge < -0.3 is 9.88 Å². The van der Waals surface area contributed by atoms with Gasteiger partial charge in [0, 0.05) is 31.9 Å². The highest BCUT2D eigenvalue weighted by atomic mass is 16.2. The Morgan fingerprint density at radius 2 is 1.89 bits per heavy atom. The van der Waals surface area contributed by atoms with Crippen molar-refractivity contribution in [2.45, 2.75) is 46.2 Å². The predicted molar refractivity (Wildman–Crippen MR) is 73.0 cm³/mol. The van der Waals surface area contributed by atoms with Crippen molar-refractivity contribution in [1.29, 1.82) is 0 Å². The molecule has 1 aromatic heterocycles. The van der Waals surface area contributed by atoms with Crippen LogP contribution >= 0.6 is 0 Å². The molecule has 1 aromatic rings. The summed E-state index contributed by atoms with van der Waals surface area (Å²) in [5, 5.41) is 3.23. The van der Waals surface area contributed by atoms with Gasteiger partial charge in [-0.15, -0.1) is 0 Å². The summed E-state index contributed by atoms with van der Waals surface area (Å²) in [6.45, 7) is 6.82. The third-order valence-corrected chi connectivity index (χ3v) is 2.82. The first-order valence-corrected chi connectivity index (χ1v) is 6.71. The molecule has 0 bridgehead atoms. The Labute approximate surface area is 107 Å². The van der Waals surface area contributed by atoms with Crippen LogP contribution in [0.5, 0.6) is 0 Å². The molecule has 0 aromatic carbocycles. The summed E-state index contributed by atoms with van der Waals surface area (Å²) >= 11 is 0. The smallest absolute Gasteiger partial charge is 0.315 e. The van der Waals surface area contributed by atoms with Gasteiger partial charge in [-0.3, -0.25) is 9.36 Å². The van der Waals surface area contributed by atoms with Crippen LogP contribution in [0.4, 0.5) is 0 Å². The zero-order chi connectivity index (χ0) is 13.4. The molecule has 0 spiro atoms. The van der Waals surface area contributed by atoms with Crippen LogP contribution in [-0.2, 0) is 13.1 Å². The number of rotatable bonds is 8. The average Bonchev–Trinajstić information content (AvgIpc) is 2.36. The van der Waals surface area contributed by atoms with Gasteiger partial charge in [-0.25, -0.2) is 4.79 Å². The molecular formula is C13H23N3O2. The van der Waals surface area contributed by atoms with Gasteiger partial charge in [-0.2, -0.15) is 0 Å². The molecule has 0 unspecified atom stereocenters. The van der Waals surface area contributed by atoms with E-state index in [0.717, 1.165) is 25.8 Å². The minimum Gasteiger partial charge on any atom is -0.315 e. The molecular weight excluding hydrogens is 230 g/mol. The van der Waals surface area contributed by atoms with Crippen molar-refractivity contribution in [3.63, 3.8) is 0 Å². The zero-order valence-electron chi connectivity index (χ0n) is 11.3. The highest BCUT2D eigenvalue weighted by Gasteiger charge is 2.03. The van der Waals surface area contributed by atoms with Crippen LogP contribution < -0.4 is 16.6 Å². The second-order valence-electron chi connectivity index (χ2n) is 4.39. The fourth-order valence-electron chi connectivity index (χ4n) is 1.79. The largest absolute Gasteiger partial charge is 0.331 e. The van der Waals surface area contributed by atoms with Gasteiger partial charge >= 0.3 is 5.69 Å². The molecule has 0 aliphatic carbocycles. The number of unbranched alkanes of at least 4 members (excludes halogenated alkanes) is 1. The lowest BCUT2D eigenvalue weighted by molar-refractivity contribution is 0.516. The molecule has 0 saturated carbocycles. The molecule has 0 fully saturated rings. The Bertz CT molecular complexity index is 462. The lowest BCUT2D eigenvalue weighted by Gasteiger charge is -2.09. The number of aromatic nitrogens is 2. The Hall–Kier alpha value is -1.36. The van der Waals surface area contributed by atoms with Gasteiger partial charge in [-0.05, 0) is 19.4 Å². The Balaban J connectivity index is 2.66. The molecule has 1 rings (SSSR count). The first-order valence-electron chi connectivity index (χ1n) is 6.71. The van der Waals surface area contributed by atoms with E-state index in [2.05, 4.69) is 12.2 Å². The van der Waals surface area contributed by atoms with Gasteiger partial charge in [0.05, 0.1) is 0 Å². The molecule has 0 radical (unpaired) electrons. The van der Waals surface area contributed by atoms with E-state index in [1.54, 1.807) is 10.8 Å². The summed E-state index contributed by atoms with van der Waals surface area (Å²) in [5.74, 6) is 0. The van der Waals surface area contributed by atoms with Crippen molar-refractivity contribution in [3.8, 4) is 0 Å². The molecule has 0 aliphatic heterocycles. The fraction of sp³-hybridized carbons (Fsp3) is 0.692. The van der Waals surface area contributed by atoms with Crippen LogP contribution in [0.2, 0.25) is 0 Å². The number of nitrogens with zero attached hydrogens (tertiary/aromatic N) is 2.